The van der Waals surface area contributed by atoms with Gasteiger partial charge >= 0.3 is 5.97 Å². The van der Waals surface area contributed by atoms with Gasteiger partial charge in [-0.15, -0.1) is 0 Å². The third kappa shape index (κ3) is 3.32. The highest BCUT2D eigenvalue weighted by Gasteiger charge is 2.61. The predicted molar refractivity (Wildman–Crippen MR) is 114 cm³/mol. The van der Waals surface area contributed by atoms with Gasteiger partial charge in [0.2, 0.25) is 5.91 Å². The summed E-state index contributed by atoms with van der Waals surface area (Å²) in [5.74, 6) is 0.500. The largest absolute Gasteiger partial charge is 0.468 e. The molecule has 8 nitrogen and oxygen atoms in total. The molecule has 2 aromatic heterocycles. The number of amides is 1. The van der Waals surface area contributed by atoms with Crippen LogP contribution in [0, 0.1) is 23.2 Å². The number of piperidine rings is 2. The van der Waals surface area contributed by atoms with E-state index in [1.165, 1.54) is 20.0 Å². The minimum atomic E-state index is -1.21. The molecule has 2 aliphatic heterocycles. The summed E-state index contributed by atoms with van der Waals surface area (Å²) in [6.45, 7) is 2.30. The van der Waals surface area contributed by atoms with Gasteiger partial charge in [-0.25, -0.2) is 9.50 Å². The van der Waals surface area contributed by atoms with Crippen molar-refractivity contribution < 1.29 is 14.3 Å². The van der Waals surface area contributed by atoms with Crippen LogP contribution in [0.15, 0.2) is 18.3 Å². The maximum absolute atomic E-state index is 12.8. The molecule has 4 fully saturated rings. The zero-order valence-electron chi connectivity index (χ0n) is 18.2. The van der Waals surface area contributed by atoms with Crippen LogP contribution in [0.25, 0.3) is 5.65 Å². The average Bonchev–Trinajstić information content (AvgIpc) is 3.17. The summed E-state index contributed by atoms with van der Waals surface area (Å²) >= 11 is 0. The van der Waals surface area contributed by atoms with Crippen molar-refractivity contribution in [3.63, 3.8) is 0 Å². The van der Waals surface area contributed by atoms with Gasteiger partial charge in [-0.05, 0) is 55.6 Å². The van der Waals surface area contributed by atoms with Gasteiger partial charge in [0.15, 0.2) is 11.1 Å². The van der Waals surface area contributed by atoms with Crippen LogP contribution in [0.4, 0.5) is 0 Å². The van der Waals surface area contributed by atoms with Gasteiger partial charge in [-0.1, -0.05) is 19.8 Å². The molecule has 0 spiro atoms. The first-order chi connectivity index (χ1) is 14.9. The van der Waals surface area contributed by atoms with Crippen LogP contribution in [-0.2, 0) is 20.7 Å². The Morgan fingerprint density at radius 1 is 1.32 bits per heavy atom. The lowest BCUT2D eigenvalue weighted by molar-refractivity contribution is -0.173. The van der Waals surface area contributed by atoms with Gasteiger partial charge < -0.3 is 15.8 Å². The van der Waals surface area contributed by atoms with Crippen molar-refractivity contribution in [2.45, 2.75) is 64.0 Å². The number of carbonyl (C=O) groups is 2. The van der Waals surface area contributed by atoms with Crippen LogP contribution >= 0.6 is 0 Å². The molecule has 0 aromatic carbocycles. The molecule has 0 unspecified atom stereocenters. The number of hydrogen-bond donors (Lipinski definition) is 2. The summed E-state index contributed by atoms with van der Waals surface area (Å²) in [5, 5.41) is 7.65. The Bertz CT molecular complexity index is 996. The first kappa shape index (κ1) is 20.4. The summed E-state index contributed by atoms with van der Waals surface area (Å²) in [5.41, 5.74) is 7.61. The van der Waals surface area contributed by atoms with Gasteiger partial charge in [0, 0.05) is 12.5 Å². The molecular weight excluding hydrogens is 394 g/mol. The van der Waals surface area contributed by atoms with Crippen molar-refractivity contribution >= 4 is 17.5 Å². The minimum absolute atomic E-state index is 0.00309. The van der Waals surface area contributed by atoms with E-state index in [9.17, 15) is 9.59 Å². The zero-order chi connectivity index (χ0) is 21.8. The van der Waals surface area contributed by atoms with Crippen molar-refractivity contribution in [3.8, 4) is 0 Å². The number of ether oxygens (including phenoxy) is 1. The smallest absolute Gasteiger partial charge is 0.322 e. The molecule has 2 saturated carbocycles. The molecule has 2 aliphatic carbocycles. The number of esters is 1. The lowest BCUT2D eigenvalue weighted by atomic mass is 9.57. The Kier molecular flexibility index (Phi) is 5.00. The zero-order valence-corrected chi connectivity index (χ0v) is 18.2. The summed E-state index contributed by atoms with van der Waals surface area (Å²) < 4.78 is 6.79. The van der Waals surface area contributed by atoms with Crippen molar-refractivity contribution in [1.29, 1.82) is 0 Å². The van der Waals surface area contributed by atoms with Gasteiger partial charge in [0.1, 0.15) is 0 Å². The predicted octanol–water partition coefficient (Wildman–Crippen LogP) is 2.17. The van der Waals surface area contributed by atoms with Crippen molar-refractivity contribution in [2.24, 2.45) is 28.9 Å². The number of methoxy groups -OCH3 is 1. The third-order valence-electron chi connectivity index (χ3n) is 7.89. The highest BCUT2D eigenvalue weighted by atomic mass is 16.5. The summed E-state index contributed by atoms with van der Waals surface area (Å²) in [4.78, 5) is 30.3. The second kappa shape index (κ2) is 7.58. The normalized spacial score (nSPS) is 33.5. The Hall–Kier alpha value is -2.48. The topological polar surface area (TPSA) is 112 Å². The third-order valence-corrected chi connectivity index (χ3v) is 7.89. The lowest BCUT2D eigenvalue weighted by Gasteiger charge is -2.52. The number of hydrogen-bond acceptors (Lipinski definition) is 6. The summed E-state index contributed by atoms with van der Waals surface area (Å²) in [7, 11) is 1.34. The van der Waals surface area contributed by atoms with E-state index >= 15 is 0 Å². The van der Waals surface area contributed by atoms with Crippen LogP contribution in [0.5, 0.6) is 0 Å². The van der Waals surface area contributed by atoms with E-state index in [2.05, 4.69) is 17.3 Å². The van der Waals surface area contributed by atoms with Crippen molar-refractivity contribution in [3.05, 3.63) is 29.7 Å². The molecule has 8 heteroatoms. The van der Waals surface area contributed by atoms with E-state index in [-0.39, 0.29) is 30.3 Å². The fourth-order valence-electron chi connectivity index (χ4n) is 5.74. The summed E-state index contributed by atoms with van der Waals surface area (Å²) in [6.07, 6.45) is 8.44. The Morgan fingerprint density at radius 3 is 2.74 bits per heavy atom. The Balaban J connectivity index is 1.41. The molecule has 0 radical (unpaired) electrons. The number of imidazole rings is 1. The Morgan fingerprint density at radius 2 is 2.06 bits per heavy atom. The Labute approximate surface area is 181 Å². The van der Waals surface area contributed by atoms with Crippen molar-refractivity contribution in [1.82, 2.24) is 19.9 Å². The van der Waals surface area contributed by atoms with Crippen LogP contribution in [-0.4, -0.2) is 39.6 Å². The highest BCUT2D eigenvalue weighted by molar-refractivity contribution is 6.04. The monoisotopic (exact) mass is 425 g/mol. The van der Waals surface area contributed by atoms with E-state index in [1.807, 2.05) is 18.3 Å². The second-order valence-electron chi connectivity index (χ2n) is 9.82. The van der Waals surface area contributed by atoms with E-state index in [0.29, 0.717) is 11.6 Å². The van der Waals surface area contributed by atoms with Crippen LogP contribution < -0.4 is 11.1 Å². The lowest BCUT2D eigenvalue weighted by Crippen LogP contribution is -2.67. The van der Waals surface area contributed by atoms with E-state index in [0.717, 1.165) is 42.9 Å². The number of nitrogens with one attached hydrogen (secondary N) is 1. The average molecular weight is 426 g/mol. The fraction of sp³-hybridized carbons (Fsp3) is 0.652. The van der Waals surface area contributed by atoms with Crippen molar-refractivity contribution in [2.75, 3.05) is 7.11 Å². The number of fused-ring (bicyclic) bond motifs is 3. The number of rotatable bonds is 5. The molecule has 4 heterocycles. The minimum Gasteiger partial charge on any atom is -0.468 e. The molecular formula is C23H31N5O3. The van der Waals surface area contributed by atoms with Gasteiger partial charge in [0.05, 0.1) is 30.7 Å². The molecule has 1 amide bonds. The van der Waals surface area contributed by atoms with E-state index in [1.54, 1.807) is 4.52 Å². The van der Waals surface area contributed by atoms with Gasteiger partial charge in [-0.2, -0.15) is 5.10 Å². The molecule has 31 heavy (non-hydrogen) atoms. The SMILES string of the molecule is COC(=O)[C@]1(Cc2ccc3nc([C@@H](N)C4CCC(C)CC4)cn3n2)C(=O)NC2CC1C2. The first-order valence-electron chi connectivity index (χ1n) is 11.4. The fourth-order valence-corrected chi connectivity index (χ4v) is 5.74. The maximum atomic E-state index is 12.8. The molecule has 2 aromatic rings. The number of nitrogens with zero attached hydrogens (tertiary/aromatic N) is 3. The summed E-state index contributed by atoms with van der Waals surface area (Å²) in [6, 6.07) is 3.82. The number of nitrogens with two attached hydrogens (primary N) is 1. The molecule has 2 bridgehead atoms. The quantitative estimate of drug-likeness (QED) is 0.561. The number of aromatic nitrogens is 3. The molecule has 6 rings (SSSR count). The molecule has 2 saturated heterocycles. The molecule has 2 atom stereocenters. The van der Waals surface area contributed by atoms with Gasteiger partial charge in [0.25, 0.3) is 0 Å². The van der Waals surface area contributed by atoms with Crippen LogP contribution in [0.3, 0.4) is 0 Å². The molecule has 3 N–H and O–H groups in total. The van der Waals surface area contributed by atoms with Crippen LogP contribution in [0.2, 0.25) is 0 Å². The first-order valence-corrected chi connectivity index (χ1v) is 11.4. The second-order valence-corrected chi connectivity index (χ2v) is 9.82. The van der Waals surface area contributed by atoms with Crippen LogP contribution in [0.1, 0.15) is 62.9 Å². The maximum Gasteiger partial charge on any atom is 0.322 e. The molecule has 4 aliphatic rings. The van der Waals surface area contributed by atoms with Gasteiger partial charge in [-0.3, -0.25) is 9.59 Å². The van der Waals surface area contributed by atoms with E-state index < -0.39 is 11.4 Å². The highest BCUT2D eigenvalue weighted by Crippen LogP contribution is 2.49. The number of carbonyl (C=O) groups excluding carboxylic acids is 2. The molecule has 166 valence electrons. The van der Waals surface area contributed by atoms with E-state index in [4.69, 9.17) is 15.5 Å². The standard InChI is InChI=1S/C23H31N5O3/c1-13-3-5-14(6-4-13)20(24)18-12-28-19(26-18)8-7-16(27-28)11-23(22(30)31-2)15-9-17(10-15)25-21(23)29/h7-8,12-15,17,20H,3-6,9-11,24H2,1-2H3,(H,25,29)/t13?,14?,15?,17?,20-,23-/m0/s1.